The lowest BCUT2D eigenvalue weighted by molar-refractivity contribution is -0.150. The van der Waals surface area contributed by atoms with E-state index in [1.807, 2.05) is 32.5 Å². The van der Waals surface area contributed by atoms with Gasteiger partial charge in [-0.15, -0.1) is 23.1 Å². The van der Waals surface area contributed by atoms with Crippen LogP contribution in [-0.2, 0) is 9.53 Å². The minimum atomic E-state index is -0.603. The molecule has 0 saturated carbocycles. The van der Waals surface area contributed by atoms with Crippen LogP contribution >= 0.6 is 23.1 Å². The van der Waals surface area contributed by atoms with Crippen LogP contribution in [0, 0.1) is 0 Å². The Morgan fingerprint density at radius 1 is 1.58 bits per heavy atom. The molecule has 1 N–H and O–H groups in total. The molecule has 0 bridgehead atoms. The van der Waals surface area contributed by atoms with E-state index in [-0.39, 0.29) is 5.97 Å². The number of nitrogens with one attached hydrogen (secondary N) is 1. The topological polar surface area (TPSA) is 38.3 Å². The molecular weight excluding hydrogens is 278 g/mol. The van der Waals surface area contributed by atoms with Crippen LogP contribution in [0.2, 0.25) is 0 Å². The molecule has 2 unspecified atom stereocenters. The summed E-state index contributed by atoms with van der Waals surface area (Å²) in [5, 5.41) is 5.70. The van der Waals surface area contributed by atoms with Crippen molar-refractivity contribution < 1.29 is 9.53 Å². The van der Waals surface area contributed by atoms with E-state index in [1.54, 1.807) is 11.3 Å². The van der Waals surface area contributed by atoms with Gasteiger partial charge in [0.25, 0.3) is 0 Å². The van der Waals surface area contributed by atoms with Gasteiger partial charge >= 0.3 is 5.97 Å². The first-order valence-corrected chi connectivity index (χ1v) is 8.40. The van der Waals surface area contributed by atoms with Crippen molar-refractivity contribution in [3.8, 4) is 0 Å². The lowest BCUT2D eigenvalue weighted by atomic mass is 9.96. The van der Waals surface area contributed by atoms with E-state index in [9.17, 15) is 4.79 Å². The molecule has 19 heavy (non-hydrogen) atoms. The summed E-state index contributed by atoms with van der Waals surface area (Å²) in [6, 6.07) is 4.16. The quantitative estimate of drug-likeness (QED) is 0.588. The van der Waals surface area contributed by atoms with Gasteiger partial charge in [-0.2, -0.15) is 0 Å². The molecule has 0 amide bonds. The van der Waals surface area contributed by atoms with Crippen molar-refractivity contribution in [2.75, 3.05) is 13.2 Å². The molecule has 3 nitrogen and oxygen atoms in total. The molecule has 0 radical (unpaired) electrons. The van der Waals surface area contributed by atoms with Crippen molar-refractivity contribution in [3.05, 3.63) is 17.5 Å². The molecule has 0 saturated heterocycles. The van der Waals surface area contributed by atoms with E-state index < -0.39 is 5.54 Å². The number of likely N-dealkylation sites (N-methyl/N-ethyl adjacent to an activating group) is 1. The number of thiophene rings is 1. The van der Waals surface area contributed by atoms with Crippen molar-refractivity contribution in [2.45, 2.75) is 49.1 Å². The molecule has 108 valence electrons. The third-order valence-corrected chi connectivity index (χ3v) is 4.98. The third kappa shape index (κ3) is 5.16. The first-order chi connectivity index (χ1) is 9.01. The van der Waals surface area contributed by atoms with E-state index in [2.05, 4.69) is 29.8 Å². The Bertz CT molecular complexity index is 381. The Morgan fingerprint density at radius 3 is 2.84 bits per heavy atom. The largest absolute Gasteiger partial charge is 0.465 e. The molecule has 0 fully saturated rings. The zero-order chi connectivity index (χ0) is 14.3. The standard InChI is InChI=1S/C14H23NO2S2/c1-5-15-14(4,13(16)17-6-2)10-11(3)19-12-8-7-9-18-12/h7-9,11,15H,5-6,10H2,1-4H3. The Balaban J connectivity index is 2.63. The van der Waals surface area contributed by atoms with Gasteiger partial charge in [-0.1, -0.05) is 19.9 Å². The SMILES string of the molecule is CCNC(C)(CC(C)Sc1cccs1)C(=O)OCC. The first kappa shape index (κ1) is 16.5. The minimum Gasteiger partial charge on any atom is -0.465 e. The highest BCUT2D eigenvalue weighted by atomic mass is 32.2. The predicted octanol–water partition coefficient (Wildman–Crippen LogP) is 3.55. The van der Waals surface area contributed by atoms with Crippen molar-refractivity contribution in [1.82, 2.24) is 5.32 Å². The maximum Gasteiger partial charge on any atom is 0.326 e. The average molecular weight is 301 g/mol. The summed E-state index contributed by atoms with van der Waals surface area (Å²) in [5.74, 6) is -0.157. The molecule has 1 aromatic rings. The molecule has 0 aliphatic rings. The fourth-order valence-electron chi connectivity index (χ4n) is 2.05. The lowest BCUT2D eigenvalue weighted by Crippen LogP contribution is -2.51. The van der Waals surface area contributed by atoms with Gasteiger partial charge in [-0.3, -0.25) is 4.79 Å². The lowest BCUT2D eigenvalue weighted by Gasteiger charge is -2.30. The Labute approximate surface area is 124 Å². The summed E-state index contributed by atoms with van der Waals surface area (Å²) in [4.78, 5) is 12.1. The van der Waals surface area contributed by atoms with Crippen LogP contribution in [0.5, 0.6) is 0 Å². The molecular formula is C14H23NO2S2. The normalized spacial score (nSPS) is 15.8. The molecule has 0 aliphatic carbocycles. The Hall–Kier alpha value is -0.520. The molecule has 1 heterocycles. The summed E-state index contributed by atoms with van der Waals surface area (Å²) < 4.78 is 6.47. The highest BCUT2D eigenvalue weighted by molar-refractivity contribution is 8.01. The van der Waals surface area contributed by atoms with Crippen LogP contribution in [0.1, 0.15) is 34.1 Å². The van der Waals surface area contributed by atoms with E-state index in [0.29, 0.717) is 11.9 Å². The smallest absolute Gasteiger partial charge is 0.326 e. The predicted molar refractivity (Wildman–Crippen MR) is 83.0 cm³/mol. The first-order valence-electron chi connectivity index (χ1n) is 6.64. The molecule has 1 rings (SSSR count). The number of thioether (sulfide) groups is 1. The number of hydrogen-bond acceptors (Lipinski definition) is 5. The molecule has 0 spiro atoms. The maximum absolute atomic E-state index is 12.1. The zero-order valence-electron chi connectivity index (χ0n) is 12.1. The number of carbonyl (C=O) groups excluding carboxylic acids is 1. The number of carbonyl (C=O) groups is 1. The van der Waals surface area contributed by atoms with Crippen LogP contribution in [0.4, 0.5) is 0 Å². The summed E-state index contributed by atoms with van der Waals surface area (Å²) in [7, 11) is 0. The van der Waals surface area contributed by atoms with Gasteiger partial charge in [0.05, 0.1) is 10.8 Å². The monoisotopic (exact) mass is 301 g/mol. The van der Waals surface area contributed by atoms with Crippen LogP contribution < -0.4 is 5.32 Å². The second-order valence-corrected chi connectivity index (χ2v) is 7.33. The molecule has 1 aromatic heterocycles. The van der Waals surface area contributed by atoms with Crippen LogP contribution in [-0.4, -0.2) is 29.9 Å². The maximum atomic E-state index is 12.1. The zero-order valence-corrected chi connectivity index (χ0v) is 13.7. The Kier molecular flexibility index (Phi) is 6.89. The van der Waals surface area contributed by atoms with Gasteiger partial charge in [0.15, 0.2) is 0 Å². The van der Waals surface area contributed by atoms with Gasteiger partial charge in [-0.05, 0) is 38.3 Å². The number of ether oxygens (including phenoxy) is 1. The van der Waals surface area contributed by atoms with Gasteiger partial charge in [0, 0.05) is 5.25 Å². The highest BCUT2D eigenvalue weighted by Gasteiger charge is 2.35. The van der Waals surface area contributed by atoms with E-state index in [4.69, 9.17) is 4.74 Å². The van der Waals surface area contributed by atoms with Gasteiger partial charge in [-0.25, -0.2) is 0 Å². The molecule has 0 aromatic carbocycles. The molecule has 5 heteroatoms. The van der Waals surface area contributed by atoms with E-state index >= 15 is 0 Å². The summed E-state index contributed by atoms with van der Waals surface area (Å²) >= 11 is 3.54. The van der Waals surface area contributed by atoms with Crippen LogP contribution in [0.15, 0.2) is 21.7 Å². The van der Waals surface area contributed by atoms with Gasteiger partial charge in [0.1, 0.15) is 5.54 Å². The fourth-order valence-corrected chi connectivity index (χ4v) is 4.35. The molecule has 0 aliphatic heterocycles. The third-order valence-electron chi connectivity index (χ3n) is 2.80. The summed E-state index contributed by atoms with van der Waals surface area (Å²) in [6.07, 6.45) is 0.752. The summed E-state index contributed by atoms with van der Waals surface area (Å²) in [6.45, 7) is 9.11. The van der Waals surface area contributed by atoms with Crippen molar-refractivity contribution in [1.29, 1.82) is 0 Å². The number of rotatable bonds is 8. The molecule has 2 atom stereocenters. The van der Waals surface area contributed by atoms with E-state index in [1.165, 1.54) is 4.21 Å². The Morgan fingerprint density at radius 2 is 2.32 bits per heavy atom. The average Bonchev–Trinajstić information content (AvgIpc) is 2.82. The van der Waals surface area contributed by atoms with Gasteiger partial charge < -0.3 is 10.1 Å². The minimum absolute atomic E-state index is 0.157. The van der Waals surface area contributed by atoms with Crippen LogP contribution in [0.3, 0.4) is 0 Å². The summed E-state index contributed by atoms with van der Waals surface area (Å²) in [5.41, 5.74) is -0.603. The second-order valence-electron chi connectivity index (χ2n) is 4.65. The van der Waals surface area contributed by atoms with Crippen molar-refractivity contribution in [2.24, 2.45) is 0 Å². The highest BCUT2D eigenvalue weighted by Crippen LogP contribution is 2.32. The van der Waals surface area contributed by atoms with Gasteiger partial charge in [0.2, 0.25) is 0 Å². The fraction of sp³-hybridized carbons (Fsp3) is 0.643. The van der Waals surface area contributed by atoms with Crippen LogP contribution in [0.25, 0.3) is 0 Å². The van der Waals surface area contributed by atoms with E-state index in [0.717, 1.165) is 13.0 Å². The van der Waals surface area contributed by atoms with Crippen molar-refractivity contribution >= 4 is 29.1 Å². The number of hydrogen-bond donors (Lipinski definition) is 1. The number of esters is 1. The van der Waals surface area contributed by atoms with Crippen molar-refractivity contribution in [3.63, 3.8) is 0 Å². The second kappa shape index (κ2) is 7.92.